The lowest BCUT2D eigenvalue weighted by Crippen LogP contribution is -2.64. The minimum atomic E-state index is -0.800. The number of fused-ring (bicyclic) bond motifs is 4. The van der Waals surface area contributed by atoms with Crippen molar-refractivity contribution in [3.05, 3.63) is 70.8 Å². The molecule has 0 aromatic heterocycles. The highest BCUT2D eigenvalue weighted by Gasteiger charge is 2.56. The van der Waals surface area contributed by atoms with E-state index in [0.29, 0.717) is 12.5 Å². The molecule has 0 saturated carbocycles. The maximum atomic E-state index is 12.6. The van der Waals surface area contributed by atoms with Crippen molar-refractivity contribution in [1.29, 1.82) is 0 Å². The molecule has 2 atom stereocenters. The Hall–Kier alpha value is -2.33. The van der Waals surface area contributed by atoms with Crippen LogP contribution in [0.5, 0.6) is 0 Å². The van der Waals surface area contributed by atoms with Gasteiger partial charge in [-0.15, -0.1) is 0 Å². The number of carboxylic acid groups (broad SMARTS) is 1. The highest BCUT2D eigenvalue weighted by Crippen LogP contribution is 2.53. The maximum Gasteiger partial charge on any atom is 0.408 e. The zero-order chi connectivity index (χ0) is 19.3. The van der Waals surface area contributed by atoms with Crippen LogP contribution in [0.3, 0.4) is 0 Å². The quantitative estimate of drug-likeness (QED) is 0.858. The maximum absolute atomic E-state index is 12.6. The van der Waals surface area contributed by atoms with Gasteiger partial charge in [-0.05, 0) is 61.9 Å². The summed E-state index contributed by atoms with van der Waals surface area (Å²) in [6, 6.07) is 17.2. The molecular weight excluding hydrogens is 348 g/mol. The molecule has 1 N–H and O–H groups in total. The van der Waals surface area contributed by atoms with E-state index < -0.39 is 11.6 Å². The smallest absolute Gasteiger partial charge is 0.408 e. The monoisotopic (exact) mass is 376 g/mol. The third-order valence-electron chi connectivity index (χ3n) is 7.37. The van der Waals surface area contributed by atoms with Crippen LogP contribution in [0.25, 0.3) is 0 Å². The zero-order valence-corrected chi connectivity index (χ0v) is 16.5. The summed E-state index contributed by atoms with van der Waals surface area (Å²) in [4.78, 5) is 16.9. The molecule has 0 radical (unpaired) electrons. The second-order valence-corrected chi connectivity index (χ2v) is 8.72. The van der Waals surface area contributed by atoms with Gasteiger partial charge in [-0.3, -0.25) is 4.90 Å². The Morgan fingerprint density at radius 2 is 1.75 bits per heavy atom. The molecule has 4 heterocycles. The molecule has 2 unspecified atom stereocenters. The third-order valence-corrected chi connectivity index (χ3v) is 7.37. The lowest BCUT2D eigenvalue weighted by atomic mass is 9.60. The standard InChI is InChI=1S/C24H28N2O2/c1-17-6-8-20(9-7-17)24(22-16-25-13-10-19(22)11-14-25)21-5-3-2-4-18(21)12-15-26(24)23(27)28/h2-9,19,22H,10-16H2,1H3,(H,27,28). The van der Waals surface area contributed by atoms with E-state index in [4.69, 9.17) is 0 Å². The summed E-state index contributed by atoms with van der Waals surface area (Å²) >= 11 is 0. The van der Waals surface area contributed by atoms with Crippen molar-refractivity contribution in [1.82, 2.24) is 9.80 Å². The fourth-order valence-corrected chi connectivity index (χ4v) is 6.08. The number of rotatable bonds is 2. The van der Waals surface area contributed by atoms with Gasteiger partial charge < -0.3 is 10.0 Å². The number of hydrogen-bond acceptors (Lipinski definition) is 2. The van der Waals surface area contributed by atoms with Gasteiger partial charge in [-0.2, -0.15) is 0 Å². The highest BCUT2D eigenvalue weighted by molar-refractivity contribution is 5.70. The van der Waals surface area contributed by atoms with E-state index in [0.717, 1.165) is 31.6 Å². The number of amides is 1. The normalized spacial score (nSPS) is 31.5. The van der Waals surface area contributed by atoms with Crippen LogP contribution in [0.4, 0.5) is 4.79 Å². The SMILES string of the molecule is Cc1ccc(C2(C3CN4CCC3CC4)c3ccccc3CCN2C(=O)O)cc1. The fraction of sp³-hybridized carbons (Fsp3) is 0.458. The molecule has 6 rings (SSSR count). The zero-order valence-electron chi connectivity index (χ0n) is 16.5. The molecule has 0 aliphatic carbocycles. The van der Waals surface area contributed by atoms with Gasteiger partial charge in [0, 0.05) is 19.0 Å². The highest BCUT2D eigenvalue weighted by atomic mass is 16.4. The second-order valence-electron chi connectivity index (χ2n) is 8.72. The Morgan fingerprint density at radius 3 is 2.39 bits per heavy atom. The number of nitrogens with zero attached hydrogens (tertiary/aromatic N) is 2. The van der Waals surface area contributed by atoms with E-state index in [1.54, 1.807) is 4.90 Å². The topological polar surface area (TPSA) is 43.8 Å². The van der Waals surface area contributed by atoms with E-state index in [2.05, 4.69) is 60.4 Å². The largest absolute Gasteiger partial charge is 0.465 e. The Labute approximate surface area is 166 Å². The van der Waals surface area contributed by atoms with Gasteiger partial charge in [-0.25, -0.2) is 4.79 Å². The lowest BCUT2D eigenvalue weighted by Gasteiger charge is -2.58. The average Bonchev–Trinajstić information content (AvgIpc) is 2.74. The number of hydrogen-bond donors (Lipinski definition) is 1. The van der Waals surface area contributed by atoms with Gasteiger partial charge in [0.25, 0.3) is 0 Å². The molecule has 2 aromatic carbocycles. The summed E-state index contributed by atoms with van der Waals surface area (Å²) in [5, 5.41) is 10.3. The summed E-state index contributed by atoms with van der Waals surface area (Å²) in [6.07, 6.45) is 2.34. The molecule has 1 amide bonds. The predicted octanol–water partition coefficient (Wildman–Crippen LogP) is 4.12. The molecule has 4 aliphatic rings. The molecule has 3 fully saturated rings. The van der Waals surface area contributed by atoms with Crippen LogP contribution in [-0.2, 0) is 12.0 Å². The first-order chi connectivity index (χ1) is 13.6. The van der Waals surface area contributed by atoms with Crippen LogP contribution in [-0.4, -0.2) is 47.2 Å². The van der Waals surface area contributed by atoms with Crippen molar-refractivity contribution in [3.8, 4) is 0 Å². The number of piperidine rings is 3. The van der Waals surface area contributed by atoms with E-state index in [9.17, 15) is 9.90 Å². The molecule has 4 heteroatoms. The summed E-state index contributed by atoms with van der Waals surface area (Å²) in [6.45, 7) is 5.94. The number of aryl methyl sites for hydroxylation is 1. The van der Waals surface area contributed by atoms with Gasteiger partial charge in [0.1, 0.15) is 5.54 Å². The van der Waals surface area contributed by atoms with Crippen LogP contribution in [0.1, 0.15) is 35.1 Å². The first kappa shape index (κ1) is 17.7. The minimum Gasteiger partial charge on any atom is -0.465 e. The first-order valence-corrected chi connectivity index (χ1v) is 10.5. The Balaban J connectivity index is 1.79. The Kier molecular flexibility index (Phi) is 4.20. The minimum absolute atomic E-state index is 0.287. The van der Waals surface area contributed by atoms with Crippen molar-refractivity contribution in [2.45, 2.75) is 31.7 Å². The molecule has 2 aromatic rings. The van der Waals surface area contributed by atoms with Gasteiger partial charge in [0.2, 0.25) is 0 Å². The van der Waals surface area contributed by atoms with Gasteiger partial charge in [0.05, 0.1) is 0 Å². The van der Waals surface area contributed by atoms with Crippen molar-refractivity contribution < 1.29 is 9.90 Å². The van der Waals surface area contributed by atoms with E-state index in [-0.39, 0.29) is 5.92 Å². The van der Waals surface area contributed by atoms with Crippen molar-refractivity contribution in [3.63, 3.8) is 0 Å². The molecule has 0 spiro atoms. The lowest BCUT2D eigenvalue weighted by molar-refractivity contribution is -0.0422. The summed E-state index contributed by atoms with van der Waals surface area (Å²) in [5.41, 5.74) is 4.24. The van der Waals surface area contributed by atoms with Crippen molar-refractivity contribution >= 4 is 6.09 Å². The molecule has 3 saturated heterocycles. The summed E-state index contributed by atoms with van der Waals surface area (Å²) in [5.74, 6) is 0.856. The van der Waals surface area contributed by atoms with E-state index >= 15 is 0 Å². The molecule has 4 nitrogen and oxygen atoms in total. The van der Waals surface area contributed by atoms with Crippen LogP contribution in [0, 0.1) is 18.8 Å². The Bertz CT molecular complexity index is 886. The van der Waals surface area contributed by atoms with Gasteiger partial charge >= 0.3 is 6.09 Å². The van der Waals surface area contributed by atoms with E-state index in [1.165, 1.54) is 29.5 Å². The Morgan fingerprint density at radius 1 is 1.04 bits per heavy atom. The van der Waals surface area contributed by atoms with Crippen molar-refractivity contribution in [2.24, 2.45) is 11.8 Å². The van der Waals surface area contributed by atoms with Crippen LogP contribution in [0.15, 0.2) is 48.5 Å². The number of carbonyl (C=O) groups is 1. The average molecular weight is 377 g/mol. The second kappa shape index (κ2) is 6.63. The molecule has 146 valence electrons. The molecular formula is C24H28N2O2. The number of benzene rings is 2. The first-order valence-electron chi connectivity index (χ1n) is 10.5. The van der Waals surface area contributed by atoms with Crippen molar-refractivity contribution in [2.75, 3.05) is 26.2 Å². The van der Waals surface area contributed by atoms with Gasteiger partial charge in [-0.1, -0.05) is 54.1 Å². The molecule has 4 aliphatic heterocycles. The van der Waals surface area contributed by atoms with Crippen LogP contribution < -0.4 is 0 Å². The van der Waals surface area contributed by atoms with Gasteiger partial charge in [0.15, 0.2) is 0 Å². The predicted molar refractivity (Wildman–Crippen MR) is 109 cm³/mol. The van der Waals surface area contributed by atoms with Crippen LogP contribution in [0.2, 0.25) is 0 Å². The van der Waals surface area contributed by atoms with E-state index in [1.807, 2.05) is 0 Å². The third kappa shape index (κ3) is 2.51. The summed E-state index contributed by atoms with van der Waals surface area (Å²) in [7, 11) is 0. The summed E-state index contributed by atoms with van der Waals surface area (Å²) < 4.78 is 0. The fourth-order valence-electron chi connectivity index (χ4n) is 6.08. The van der Waals surface area contributed by atoms with Crippen LogP contribution >= 0.6 is 0 Å². The molecule has 28 heavy (non-hydrogen) atoms. The molecule has 2 bridgehead atoms.